The molecule has 3 N–H and O–H groups in total. The number of nitrogen functional groups attached to an aromatic ring is 1. The summed E-state index contributed by atoms with van der Waals surface area (Å²) in [4.78, 5) is 0.111. The molecule has 1 aromatic rings. The second-order valence-corrected chi connectivity index (χ2v) is 6.32. The number of phenolic OH excluding ortho intramolecular Hbond substituents is 1. The molecule has 0 unspecified atom stereocenters. The summed E-state index contributed by atoms with van der Waals surface area (Å²) in [5, 5.41) is 9.33. The minimum atomic E-state index is -3.56. The van der Waals surface area contributed by atoms with Gasteiger partial charge < -0.3 is 10.8 Å². The maximum atomic E-state index is 12.4. The number of nitrogens with two attached hydrogens (primary N) is 1. The Hall–Kier alpha value is -1.27. The Morgan fingerprint density at radius 2 is 2.00 bits per heavy atom. The van der Waals surface area contributed by atoms with Crippen molar-refractivity contribution in [1.29, 1.82) is 0 Å². The van der Waals surface area contributed by atoms with Gasteiger partial charge in [-0.05, 0) is 38.5 Å². The van der Waals surface area contributed by atoms with Crippen LogP contribution in [0.25, 0.3) is 0 Å². The highest BCUT2D eigenvalue weighted by atomic mass is 32.2. The molecule has 0 aliphatic rings. The van der Waals surface area contributed by atoms with E-state index >= 15 is 0 Å². The molecule has 0 radical (unpaired) electrons. The first kappa shape index (κ1) is 14.8. The summed E-state index contributed by atoms with van der Waals surface area (Å²) in [6, 6.07) is 3.83. The number of rotatable bonds is 5. The zero-order chi connectivity index (χ0) is 13.9. The van der Waals surface area contributed by atoms with Crippen LogP contribution in [-0.4, -0.2) is 30.4 Å². The first-order valence-corrected chi connectivity index (χ1v) is 7.35. The average Bonchev–Trinajstić information content (AvgIpc) is 2.28. The third kappa shape index (κ3) is 2.94. The Labute approximate surface area is 108 Å². The smallest absolute Gasteiger partial charge is 0.243 e. The largest absolute Gasteiger partial charge is 0.506 e. The molecule has 18 heavy (non-hydrogen) atoms. The fourth-order valence-electron chi connectivity index (χ4n) is 1.70. The third-order valence-corrected chi connectivity index (χ3v) is 4.70. The monoisotopic (exact) mass is 272 g/mol. The Morgan fingerprint density at radius 1 is 1.39 bits per heavy atom. The van der Waals surface area contributed by atoms with E-state index in [2.05, 4.69) is 0 Å². The highest BCUT2D eigenvalue weighted by Crippen LogP contribution is 2.26. The van der Waals surface area contributed by atoms with Gasteiger partial charge in [-0.15, -0.1) is 0 Å². The number of anilines is 1. The number of nitrogens with zero attached hydrogens (tertiary/aromatic N) is 1. The van der Waals surface area contributed by atoms with Crippen molar-refractivity contribution < 1.29 is 13.5 Å². The van der Waals surface area contributed by atoms with E-state index in [0.29, 0.717) is 6.54 Å². The molecular formula is C12H20N2O3S. The van der Waals surface area contributed by atoms with Crippen molar-refractivity contribution in [3.63, 3.8) is 0 Å². The van der Waals surface area contributed by atoms with Gasteiger partial charge in [-0.25, -0.2) is 8.42 Å². The fraction of sp³-hybridized carbons (Fsp3) is 0.500. The van der Waals surface area contributed by atoms with Crippen LogP contribution in [0, 0.1) is 0 Å². The molecule has 0 heterocycles. The van der Waals surface area contributed by atoms with Gasteiger partial charge in [0.1, 0.15) is 5.75 Å². The summed E-state index contributed by atoms with van der Waals surface area (Å²) in [5.41, 5.74) is 5.60. The second-order valence-electron chi connectivity index (χ2n) is 4.43. The van der Waals surface area contributed by atoms with Gasteiger partial charge in [0.05, 0.1) is 10.6 Å². The van der Waals surface area contributed by atoms with Crippen molar-refractivity contribution in [3.05, 3.63) is 18.2 Å². The Kier molecular flexibility index (Phi) is 4.59. The van der Waals surface area contributed by atoms with E-state index < -0.39 is 10.0 Å². The standard InChI is InChI=1S/C12H20N2O3S/c1-4-7-14(9(2)3)18(16,17)10-5-6-12(15)11(13)8-10/h5-6,8-9,15H,4,7,13H2,1-3H3. The van der Waals surface area contributed by atoms with Gasteiger partial charge >= 0.3 is 0 Å². The number of sulfonamides is 1. The molecule has 0 aromatic heterocycles. The number of benzene rings is 1. The minimum absolute atomic E-state index is 0.0660. The molecule has 1 aromatic carbocycles. The van der Waals surface area contributed by atoms with Crippen molar-refractivity contribution in [2.45, 2.75) is 38.1 Å². The molecule has 0 aliphatic carbocycles. The SMILES string of the molecule is CCCN(C(C)C)S(=O)(=O)c1ccc(O)c(N)c1. The van der Waals surface area contributed by atoms with Crippen LogP contribution in [0.5, 0.6) is 5.75 Å². The van der Waals surface area contributed by atoms with Gasteiger partial charge in [0.2, 0.25) is 10.0 Å². The van der Waals surface area contributed by atoms with Crippen molar-refractivity contribution in [2.24, 2.45) is 0 Å². The predicted molar refractivity (Wildman–Crippen MR) is 71.8 cm³/mol. The molecule has 0 saturated heterocycles. The van der Waals surface area contributed by atoms with Gasteiger partial charge in [0.25, 0.3) is 0 Å². The number of phenols is 1. The zero-order valence-corrected chi connectivity index (χ0v) is 11.7. The van der Waals surface area contributed by atoms with Crippen LogP contribution in [0.1, 0.15) is 27.2 Å². The average molecular weight is 272 g/mol. The Bertz CT molecular complexity index is 512. The highest BCUT2D eigenvalue weighted by Gasteiger charge is 2.26. The molecule has 0 fully saturated rings. The highest BCUT2D eigenvalue weighted by molar-refractivity contribution is 7.89. The van der Waals surface area contributed by atoms with Crippen LogP contribution < -0.4 is 5.73 Å². The number of hydrogen-bond acceptors (Lipinski definition) is 4. The van der Waals surface area contributed by atoms with Crippen LogP contribution in [0.15, 0.2) is 23.1 Å². The molecule has 0 aliphatic heterocycles. The van der Waals surface area contributed by atoms with Crippen molar-refractivity contribution >= 4 is 15.7 Å². The molecular weight excluding hydrogens is 252 g/mol. The topological polar surface area (TPSA) is 83.6 Å². The maximum absolute atomic E-state index is 12.4. The van der Waals surface area contributed by atoms with E-state index in [9.17, 15) is 13.5 Å². The lowest BCUT2D eigenvalue weighted by Gasteiger charge is -2.25. The number of hydrogen-bond donors (Lipinski definition) is 2. The molecule has 0 spiro atoms. The van der Waals surface area contributed by atoms with Gasteiger partial charge in [-0.2, -0.15) is 4.31 Å². The fourth-order valence-corrected chi connectivity index (χ4v) is 3.47. The summed E-state index contributed by atoms with van der Waals surface area (Å²) >= 11 is 0. The maximum Gasteiger partial charge on any atom is 0.243 e. The predicted octanol–water partition coefficient (Wildman–Crippen LogP) is 1.78. The second kappa shape index (κ2) is 5.58. The summed E-state index contributed by atoms with van der Waals surface area (Å²) in [6.45, 7) is 6.05. The van der Waals surface area contributed by atoms with E-state index in [4.69, 9.17) is 5.73 Å². The van der Waals surface area contributed by atoms with Crippen molar-refractivity contribution in [1.82, 2.24) is 4.31 Å². The molecule has 1 rings (SSSR count). The van der Waals surface area contributed by atoms with Gasteiger partial charge in [0.15, 0.2) is 0 Å². The molecule has 0 amide bonds. The molecule has 0 bridgehead atoms. The Morgan fingerprint density at radius 3 is 2.44 bits per heavy atom. The first-order valence-electron chi connectivity index (χ1n) is 5.91. The minimum Gasteiger partial charge on any atom is -0.506 e. The summed E-state index contributed by atoms with van der Waals surface area (Å²) in [5.74, 6) is -0.111. The van der Waals surface area contributed by atoms with E-state index in [1.54, 1.807) is 0 Å². The third-order valence-electron chi connectivity index (χ3n) is 2.63. The van der Waals surface area contributed by atoms with E-state index in [0.717, 1.165) is 6.42 Å². The summed E-state index contributed by atoms with van der Waals surface area (Å²) in [6.07, 6.45) is 0.741. The zero-order valence-electron chi connectivity index (χ0n) is 10.9. The molecule has 5 nitrogen and oxygen atoms in total. The van der Waals surface area contributed by atoms with E-state index in [1.165, 1.54) is 22.5 Å². The van der Waals surface area contributed by atoms with Crippen LogP contribution in [0.3, 0.4) is 0 Å². The molecule has 0 saturated carbocycles. The van der Waals surface area contributed by atoms with Crippen LogP contribution in [0.2, 0.25) is 0 Å². The summed E-state index contributed by atoms with van der Waals surface area (Å²) < 4.78 is 26.3. The van der Waals surface area contributed by atoms with Crippen molar-refractivity contribution in [2.75, 3.05) is 12.3 Å². The van der Waals surface area contributed by atoms with Crippen LogP contribution >= 0.6 is 0 Å². The van der Waals surface area contributed by atoms with Crippen molar-refractivity contribution in [3.8, 4) is 5.75 Å². The summed E-state index contributed by atoms with van der Waals surface area (Å²) in [7, 11) is -3.56. The van der Waals surface area contributed by atoms with Gasteiger partial charge in [-0.1, -0.05) is 6.92 Å². The lowest BCUT2D eigenvalue weighted by molar-refractivity contribution is 0.354. The molecule has 0 atom stereocenters. The Balaban J connectivity index is 3.22. The van der Waals surface area contributed by atoms with Crippen LogP contribution in [-0.2, 0) is 10.0 Å². The first-order chi connectivity index (χ1) is 8.30. The normalized spacial score (nSPS) is 12.3. The van der Waals surface area contributed by atoms with E-state index in [-0.39, 0.29) is 22.4 Å². The number of aromatic hydroxyl groups is 1. The molecule has 6 heteroatoms. The van der Waals surface area contributed by atoms with Gasteiger partial charge in [-0.3, -0.25) is 0 Å². The lowest BCUT2D eigenvalue weighted by Crippen LogP contribution is -2.37. The quantitative estimate of drug-likeness (QED) is 0.632. The lowest BCUT2D eigenvalue weighted by atomic mass is 10.3. The van der Waals surface area contributed by atoms with E-state index in [1.807, 2.05) is 20.8 Å². The van der Waals surface area contributed by atoms with Gasteiger partial charge in [0, 0.05) is 12.6 Å². The van der Waals surface area contributed by atoms with Crippen LogP contribution in [0.4, 0.5) is 5.69 Å². The molecule has 102 valence electrons.